The molecule has 0 unspecified atom stereocenters. The van der Waals surface area contributed by atoms with Gasteiger partial charge >= 0.3 is 0 Å². The number of hydrogen-bond acceptors (Lipinski definition) is 5. The summed E-state index contributed by atoms with van der Waals surface area (Å²) >= 11 is 0. The van der Waals surface area contributed by atoms with Crippen LogP contribution < -0.4 is 21.5 Å². The van der Waals surface area contributed by atoms with Gasteiger partial charge in [0.25, 0.3) is 5.91 Å². The Morgan fingerprint density at radius 3 is 2.31 bits per heavy atom. The van der Waals surface area contributed by atoms with Crippen LogP contribution in [0.5, 0.6) is 11.5 Å². The number of rotatable bonds is 8. The molecule has 32 heavy (non-hydrogen) atoms. The minimum Gasteiger partial charge on any atom is -0.457 e. The van der Waals surface area contributed by atoms with Crippen LogP contribution in [0.1, 0.15) is 49.5 Å². The summed E-state index contributed by atoms with van der Waals surface area (Å²) in [7, 11) is 1.96. The number of aromatic nitrogens is 2. The molecule has 0 aliphatic heterocycles. The molecule has 5 N–H and O–H groups in total. The third-order valence-corrected chi connectivity index (χ3v) is 5.66. The maximum atomic E-state index is 12.1. The summed E-state index contributed by atoms with van der Waals surface area (Å²) in [5.41, 5.74) is 13.5. The van der Waals surface area contributed by atoms with Gasteiger partial charge in [0, 0.05) is 5.56 Å². The first-order valence-corrected chi connectivity index (χ1v) is 11.2. The van der Waals surface area contributed by atoms with Crippen LogP contribution in [0.4, 0.5) is 5.82 Å². The number of nitrogens with zero attached hydrogens (tertiary/aromatic N) is 2. The molecule has 1 aromatic heterocycles. The minimum atomic E-state index is -0.565. The van der Waals surface area contributed by atoms with E-state index in [1.165, 1.54) is 0 Å². The van der Waals surface area contributed by atoms with Gasteiger partial charge in [-0.25, -0.2) is 4.68 Å². The van der Waals surface area contributed by atoms with Gasteiger partial charge in [0.15, 0.2) is 0 Å². The first kappa shape index (κ1) is 23.3. The molecule has 0 bridgehead atoms. The highest BCUT2D eigenvalue weighted by molar-refractivity contribution is 6.03. The molecule has 2 aromatic carbocycles. The normalized spacial score (nSPS) is 17.1. The van der Waals surface area contributed by atoms with Crippen molar-refractivity contribution >= 4 is 11.7 Å². The molecule has 1 heterocycles. The summed E-state index contributed by atoms with van der Waals surface area (Å²) in [6.45, 7) is 5.00. The van der Waals surface area contributed by atoms with Gasteiger partial charge in [0.1, 0.15) is 28.6 Å². The molecule has 1 aliphatic rings. The second-order valence-electron chi connectivity index (χ2n) is 7.74. The second kappa shape index (κ2) is 10.8. The molecule has 1 fully saturated rings. The maximum Gasteiger partial charge on any atom is 0.254 e. The lowest BCUT2D eigenvalue weighted by atomic mass is 9.78. The summed E-state index contributed by atoms with van der Waals surface area (Å²) in [4.78, 5) is 12.1. The van der Waals surface area contributed by atoms with Gasteiger partial charge in [-0.2, -0.15) is 5.10 Å². The van der Waals surface area contributed by atoms with Gasteiger partial charge < -0.3 is 21.5 Å². The SMILES string of the molecule is CC.CNCCC1CC(n2nc(-c3ccc(Oc4ccccc4)cc3)c(C(N)=O)c2N)C1. The number of primary amides is 1. The number of nitrogen functional groups attached to an aromatic ring is 1. The van der Waals surface area contributed by atoms with E-state index in [0.717, 1.165) is 37.1 Å². The number of anilines is 1. The molecule has 170 valence electrons. The number of ether oxygens (including phenoxy) is 1. The van der Waals surface area contributed by atoms with Crippen molar-refractivity contribution in [1.29, 1.82) is 0 Å². The highest BCUT2D eigenvalue weighted by atomic mass is 16.5. The molecule has 1 aliphatic carbocycles. The van der Waals surface area contributed by atoms with Gasteiger partial charge in [-0.15, -0.1) is 0 Å². The van der Waals surface area contributed by atoms with Gasteiger partial charge in [-0.05, 0) is 75.2 Å². The Hall–Kier alpha value is -3.32. The molecule has 3 aromatic rings. The van der Waals surface area contributed by atoms with Crippen LogP contribution in [0.25, 0.3) is 11.3 Å². The standard InChI is InChI=1S/C23H27N5O2.C2H6/c1-26-12-11-15-13-17(14-15)28-22(24)20(23(25)29)21(27-28)16-7-9-19(10-8-16)30-18-5-3-2-4-6-18;1-2/h2-10,15,17,26H,11-14,24H2,1H3,(H2,25,29);1-2H3. The van der Waals surface area contributed by atoms with Crippen LogP contribution in [0.2, 0.25) is 0 Å². The smallest absolute Gasteiger partial charge is 0.254 e. The Morgan fingerprint density at radius 2 is 1.72 bits per heavy atom. The monoisotopic (exact) mass is 435 g/mol. The Bertz CT molecular complexity index is 1010. The van der Waals surface area contributed by atoms with Crippen molar-refractivity contribution in [2.45, 2.75) is 39.2 Å². The molecule has 0 spiro atoms. The third-order valence-electron chi connectivity index (χ3n) is 5.66. The fourth-order valence-electron chi connectivity index (χ4n) is 3.96. The molecule has 1 saturated carbocycles. The molecule has 0 saturated heterocycles. The van der Waals surface area contributed by atoms with Crippen molar-refractivity contribution in [1.82, 2.24) is 15.1 Å². The molecular weight excluding hydrogens is 402 g/mol. The van der Waals surface area contributed by atoms with Gasteiger partial charge in [-0.3, -0.25) is 4.79 Å². The van der Waals surface area contributed by atoms with Crippen molar-refractivity contribution in [3.05, 3.63) is 60.2 Å². The number of nitrogens with two attached hydrogens (primary N) is 2. The van der Waals surface area contributed by atoms with Crippen LogP contribution in [-0.4, -0.2) is 29.3 Å². The minimum absolute atomic E-state index is 0.208. The molecule has 1 amide bonds. The number of nitrogens with one attached hydrogen (secondary N) is 1. The van der Waals surface area contributed by atoms with Crippen molar-refractivity contribution < 1.29 is 9.53 Å². The van der Waals surface area contributed by atoms with E-state index in [1.54, 1.807) is 4.68 Å². The number of benzene rings is 2. The number of amides is 1. The average Bonchev–Trinajstić information content (AvgIpc) is 3.12. The van der Waals surface area contributed by atoms with Gasteiger partial charge in [0.05, 0.1) is 6.04 Å². The Labute approximate surface area is 189 Å². The predicted molar refractivity (Wildman–Crippen MR) is 129 cm³/mol. The van der Waals surface area contributed by atoms with Crippen molar-refractivity contribution in [2.24, 2.45) is 11.7 Å². The summed E-state index contributed by atoms with van der Waals surface area (Å²) in [5, 5.41) is 7.87. The Balaban J connectivity index is 0.00000141. The molecule has 7 nitrogen and oxygen atoms in total. The number of carbonyl (C=O) groups excluding carboxylic acids is 1. The number of hydrogen-bond donors (Lipinski definition) is 3. The van der Waals surface area contributed by atoms with Crippen molar-refractivity contribution in [3.63, 3.8) is 0 Å². The predicted octanol–water partition coefficient (Wildman–Crippen LogP) is 4.61. The number of para-hydroxylation sites is 1. The second-order valence-corrected chi connectivity index (χ2v) is 7.74. The lowest BCUT2D eigenvalue weighted by Crippen LogP contribution is -2.30. The Morgan fingerprint density at radius 1 is 1.09 bits per heavy atom. The third kappa shape index (κ3) is 5.11. The van der Waals surface area contributed by atoms with Gasteiger partial charge in [0.2, 0.25) is 0 Å². The fourth-order valence-corrected chi connectivity index (χ4v) is 3.96. The quantitative estimate of drug-likeness (QED) is 0.479. The molecule has 4 rings (SSSR count). The van der Waals surface area contributed by atoms with E-state index in [1.807, 2.05) is 75.5 Å². The van der Waals surface area contributed by atoms with E-state index >= 15 is 0 Å². The molecule has 7 heteroatoms. The van der Waals surface area contributed by atoms with Crippen LogP contribution in [0.3, 0.4) is 0 Å². The zero-order valence-electron chi connectivity index (χ0n) is 19.0. The van der Waals surface area contributed by atoms with Gasteiger partial charge in [-0.1, -0.05) is 32.0 Å². The first-order valence-electron chi connectivity index (χ1n) is 11.2. The van der Waals surface area contributed by atoms with E-state index in [-0.39, 0.29) is 11.6 Å². The summed E-state index contributed by atoms with van der Waals surface area (Å²) in [5.74, 6) is 1.89. The summed E-state index contributed by atoms with van der Waals surface area (Å²) in [6.07, 6.45) is 3.15. The van der Waals surface area contributed by atoms with Crippen LogP contribution in [-0.2, 0) is 0 Å². The van der Waals surface area contributed by atoms with Crippen LogP contribution in [0, 0.1) is 5.92 Å². The average molecular weight is 436 g/mol. The lowest BCUT2D eigenvalue weighted by Gasteiger charge is -2.36. The van der Waals surface area contributed by atoms with Crippen LogP contribution in [0.15, 0.2) is 54.6 Å². The van der Waals surface area contributed by atoms with E-state index < -0.39 is 5.91 Å². The van der Waals surface area contributed by atoms with E-state index in [4.69, 9.17) is 16.2 Å². The lowest BCUT2D eigenvalue weighted by molar-refractivity contribution is 0.100. The maximum absolute atomic E-state index is 12.1. The summed E-state index contributed by atoms with van der Waals surface area (Å²) in [6, 6.07) is 17.2. The first-order chi connectivity index (χ1) is 15.6. The van der Waals surface area contributed by atoms with Crippen LogP contribution >= 0.6 is 0 Å². The van der Waals surface area contributed by atoms with Crippen molar-refractivity contribution in [3.8, 4) is 22.8 Å². The number of carbonyl (C=O) groups is 1. The van der Waals surface area contributed by atoms with E-state index in [2.05, 4.69) is 10.4 Å². The largest absolute Gasteiger partial charge is 0.457 e. The molecule has 0 radical (unpaired) electrons. The zero-order chi connectivity index (χ0) is 23.1. The summed E-state index contributed by atoms with van der Waals surface area (Å²) < 4.78 is 7.61. The molecular formula is C25H33N5O2. The highest BCUT2D eigenvalue weighted by Gasteiger charge is 2.34. The van der Waals surface area contributed by atoms with E-state index in [0.29, 0.717) is 23.2 Å². The molecule has 0 atom stereocenters. The topological polar surface area (TPSA) is 108 Å². The Kier molecular flexibility index (Phi) is 7.89. The zero-order valence-corrected chi connectivity index (χ0v) is 19.0. The van der Waals surface area contributed by atoms with Crippen molar-refractivity contribution in [2.75, 3.05) is 19.3 Å². The highest BCUT2D eigenvalue weighted by Crippen LogP contribution is 2.42. The fraction of sp³-hybridized carbons (Fsp3) is 0.360. The van der Waals surface area contributed by atoms with E-state index in [9.17, 15) is 4.79 Å².